The van der Waals surface area contributed by atoms with Crippen LogP contribution in [0.5, 0.6) is 0 Å². The van der Waals surface area contributed by atoms with Crippen molar-refractivity contribution in [3.63, 3.8) is 0 Å². The first-order valence-corrected chi connectivity index (χ1v) is 9.28. The van der Waals surface area contributed by atoms with E-state index >= 15 is 0 Å². The summed E-state index contributed by atoms with van der Waals surface area (Å²) in [5.41, 5.74) is 1.93. The molecule has 7 nitrogen and oxygen atoms in total. The standard InChI is InChI=1S/C18H22N4O3S/c1-12(19-18(24)25-11-13-6-4-3-5-7-13)16(23)21-17-20-14-8-9-22(2)10-15(14)26-17/h3-7,12H,8-11H2,1-2H3,(H,19,24)(H,20,21,23)/t12-/m0/s1. The van der Waals surface area contributed by atoms with Crippen LogP contribution in [0.15, 0.2) is 30.3 Å². The molecule has 0 bridgehead atoms. The number of amides is 2. The topological polar surface area (TPSA) is 83.6 Å². The van der Waals surface area contributed by atoms with E-state index in [-0.39, 0.29) is 12.5 Å². The molecule has 2 amide bonds. The Morgan fingerprint density at radius 3 is 2.88 bits per heavy atom. The summed E-state index contributed by atoms with van der Waals surface area (Å²) in [4.78, 5) is 32.0. The number of carbonyl (C=O) groups is 2. The van der Waals surface area contributed by atoms with Gasteiger partial charge in [-0.05, 0) is 19.5 Å². The molecule has 1 aliphatic rings. The maximum atomic E-state index is 12.3. The molecule has 0 aliphatic carbocycles. The maximum Gasteiger partial charge on any atom is 0.408 e. The number of aromatic nitrogens is 1. The van der Waals surface area contributed by atoms with Gasteiger partial charge in [0, 0.05) is 24.4 Å². The molecule has 1 atom stereocenters. The lowest BCUT2D eigenvalue weighted by molar-refractivity contribution is -0.117. The van der Waals surface area contributed by atoms with Gasteiger partial charge in [-0.25, -0.2) is 9.78 Å². The molecule has 1 aromatic heterocycles. The van der Waals surface area contributed by atoms with Crippen LogP contribution in [0.3, 0.4) is 0 Å². The van der Waals surface area contributed by atoms with Crippen molar-refractivity contribution < 1.29 is 14.3 Å². The minimum absolute atomic E-state index is 0.160. The third-order valence-corrected chi connectivity index (χ3v) is 5.09. The van der Waals surface area contributed by atoms with Crippen molar-refractivity contribution in [1.82, 2.24) is 15.2 Å². The molecule has 26 heavy (non-hydrogen) atoms. The highest BCUT2D eigenvalue weighted by Crippen LogP contribution is 2.27. The van der Waals surface area contributed by atoms with E-state index in [0.29, 0.717) is 5.13 Å². The molecule has 1 aliphatic heterocycles. The molecule has 2 N–H and O–H groups in total. The number of fused-ring (bicyclic) bond motifs is 1. The van der Waals surface area contributed by atoms with E-state index in [1.807, 2.05) is 30.3 Å². The number of carbonyl (C=O) groups excluding carboxylic acids is 2. The molecular formula is C18H22N4O3S. The van der Waals surface area contributed by atoms with E-state index in [1.54, 1.807) is 6.92 Å². The number of nitrogens with zero attached hydrogens (tertiary/aromatic N) is 2. The van der Waals surface area contributed by atoms with Crippen molar-refractivity contribution in [2.45, 2.75) is 32.5 Å². The zero-order chi connectivity index (χ0) is 18.5. The monoisotopic (exact) mass is 374 g/mol. The average Bonchev–Trinajstić information content (AvgIpc) is 3.02. The van der Waals surface area contributed by atoms with Crippen molar-refractivity contribution in [3.8, 4) is 0 Å². The molecule has 2 aromatic rings. The van der Waals surface area contributed by atoms with Gasteiger partial charge in [-0.2, -0.15) is 0 Å². The number of nitrogens with one attached hydrogen (secondary N) is 2. The van der Waals surface area contributed by atoms with Crippen LogP contribution in [0, 0.1) is 0 Å². The highest BCUT2D eigenvalue weighted by atomic mass is 32.1. The Bertz CT molecular complexity index is 778. The van der Waals surface area contributed by atoms with Gasteiger partial charge in [-0.3, -0.25) is 4.79 Å². The summed E-state index contributed by atoms with van der Waals surface area (Å²) in [5, 5.41) is 5.88. The van der Waals surface area contributed by atoms with Gasteiger partial charge in [-0.15, -0.1) is 11.3 Å². The number of anilines is 1. The lowest BCUT2D eigenvalue weighted by Crippen LogP contribution is -2.41. The van der Waals surface area contributed by atoms with Gasteiger partial charge >= 0.3 is 6.09 Å². The lowest BCUT2D eigenvalue weighted by Gasteiger charge is -2.20. The van der Waals surface area contributed by atoms with Gasteiger partial charge in [0.1, 0.15) is 12.6 Å². The molecule has 2 heterocycles. The fraction of sp³-hybridized carbons (Fsp3) is 0.389. The molecule has 0 unspecified atom stereocenters. The highest BCUT2D eigenvalue weighted by molar-refractivity contribution is 7.15. The summed E-state index contributed by atoms with van der Waals surface area (Å²) in [6.45, 7) is 3.59. The van der Waals surface area contributed by atoms with Crippen LogP contribution in [0.1, 0.15) is 23.1 Å². The van der Waals surface area contributed by atoms with Crippen LogP contribution in [0.4, 0.5) is 9.93 Å². The third-order valence-electron chi connectivity index (χ3n) is 4.09. The van der Waals surface area contributed by atoms with Crippen molar-refractivity contribution in [2.24, 2.45) is 0 Å². The number of likely N-dealkylation sites (N-methyl/N-ethyl adjacent to an activating group) is 1. The minimum Gasteiger partial charge on any atom is -0.445 e. The summed E-state index contributed by atoms with van der Waals surface area (Å²) < 4.78 is 5.13. The van der Waals surface area contributed by atoms with Crippen LogP contribution >= 0.6 is 11.3 Å². The molecule has 0 saturated carbocycles. The Labute approximate surface area is 156 Å². The molecule has 8 heteroatoms. The van der Waals surface area contributed by atoms with Crippen molar-refractivity contribution in [1.29, 1.82) is 0 Å². The summed E-state index contributed by atoms with van der Waals surface area (Å²) in [5.74, 6) is -0.318. The summed E-state index contributed by atoms with van der Waals surface area (Å²) >= 11 is 1.48. The number of hydrogen-bond acceptors (Lipinski definition) is 6. The minimum atomic E-state index is -0.720. The second kappa shape index (κ2) is 8.29. The number of thiazole rings is 1. The fourth-order valence-corrected chi connectivity index (χ4v) is 3.69. The van der Waals surface area contributed by atoms with E-state index in [2.05, 4.69) is 27.6 Å². The zero-order valence-electron chi connectivity index (χ0n) is 14.8. The number of hydrogen-bond donors (Lipinski definition) is 2. The van der Waals surface area contributed by atoms with Crippen molar-refractivity contribution in [3.05, 3.63) is 46.5 Å². The van der Waals surface area contributed by atoms with E-state index < -0.39 is 12.1 Å². The van der Waals surface area contributed by atoms with Gasteiger partial charge < -0.3 is 20.3 Å². The second-order valence-electron chi connectivity index (χ2n) is 6.29. The Morgan fingerprint density at radius 2 is 2.12 bits per heavy atom. The first-order chi connectivity index (χ1) is 12.5. The predicted octanol–water partition coefficient (Wildman–Crippen LogP) is 2.38. The van der Waals surface area contributed by atoms with Crippen LogP contribution < -0.4 is 10.6 Å². The number of benzene rings is 1. The highest BCUT2D eigenvalue weighted by Gasteiger charge is 2.21. The molecule has 0 radical (unpaired) electrons. The Balaban J connectivity index is 1.48. The van der Waals surface area contributed by atoms with Crippen molar-refractivity contribution >= 4 is 28.5 Å². The smallest absolute Gasteiger partial charge is 0.408 e. The van der Waals surface area contributed by atoms with Gasteiger partial charge in [0.2, 0.25) is 5.91 Å². The first kappa shape index (κ1) is 18.3. The van der Waals surface area contributed by atoms with E-state index in [0.717, 1.165) is 30.8 Å². The lowest BCUT2D eigenvalue weighted by atomic mass is 10.2. The van der Waals surface area contributed by atoms with Crippen LogP contribution in [-0.4, -0.2) is 41.5 Å². The van der Waals surface area contributed by atoms with Gasteiger partial charge in [0.05, 0.1) is 5.69 Å². The van der Waals surface area contributed by atoms with Crippen LogP contribution in [0.25, 0.3) is 0 Å². The molecule has 0 spiro atoms. The molecule has 0 fully saturated rings. The van der Waals surface area contributed by atoms with E-state index in [9.17, 15) is 9.59 Å². The Morgan fingerprint density at radius 1 is 1.35 bits per heavy atom. The SMILES string of the molecule is C[C@H](NC(=O)OCc1ccccc1)C(=O)Nc1nc2c(s1)CN(C)CC2. The summed E-state index contributed by atoms with van der Waals surface area (Å²) in [7, 11) is 2.06. The van der Waals surface area contributed by atoms with Gasteiger partial charge in [-0.1, -0.05) is 30.3 Å². The fourth-order valence-electron chi connectivity index (χ4n) is 2.60. The number of ether oxygens (including phenoxy) is 1. The second-order valence-corrected chi connectivity index (χ2v) is 7.38. The predicted molar refractivity (Wildman–Crippen MR) is 100 cm³/mol. The Hall–Kier alpha value is -2.45. The van der Waals surface area contributed by atoms with Crippen molar-refractivity contribution in [2.75, 3.05) is 18.9 Å². The molecular weight excluding hydrogens is 352 g/mol. The van der Waals surface area contributed by atoms with E-state index in [4.69, 9.17) is 4.74 Å². The normalized spacial score (nSPS) is 15.0. The average molecular weight is 374 g/mol. The van der Waals surface area contributed by atoms with Gasteiger partial charge in [0.15, 0.2) is 5.13 Å². The summed E-state index contributed by atoms with van der Waals surface area (Å²) in [6, 6.07) is 8.65. The maximum absolute atomic E-state index is 12.3. The third kappa shape index (κ3) is 4.80. The van der Waals surface area contributed by atoms with Crippen LogP contribution in [-0.2, 0) is 29.1 Å². The molecule has 3 rings (SSSR count). The van der Waals surface area contributed by atoms with E-state index in [1.165, 1.54) is 16.2 Å². The van der Waals surface area contributed by atoms with Gasteiger partial charge in [0.25, 0.3) is 0 Å². The molecule has 0 saturated heterocycles. The van der Waals surface area contributed by atoms with Crippen LogP contribution in [0.2, 0.25) is 0 Å². The zero-order valence-corrected chi connectivity index (χ0v) is 15.6. The Kier molecular flexibility index (Phi) is 5.85. The quantitative estimate of drug-likeness (QED) is 0.840. The number of alkyl carbamates (subject to hydrolysis) is 1. The molecule has 138 valence electrons. The first-order valence-electron chi connectivity index (χ1n) is 8.46. The molecule has 1 aromatic carbocycles. The summed E-state index contributed by atoms with van der Waals surface area (Å²) in [6.07, 6.45) is 0.259. The number of rotatable bonds is 5. The largest absolute Gasteiger partial charge is 0.445 e.